The number of hydrogen-bond donors (Lipinski definition) is 1. The zero-order chi connectivity index (χ0) is 13.4. The van der Waals surface area contributed by atoms with E-state index in [1.807, 2.05) is 13.0 Å². The molecular weight excluding hydrogens is 225 g/mol. The van der Waals surface area contributed by atoms with E-state index in [0.29, 0.717) is 0 Å². The first-order chi connectivity index (χ1) is 8.63. The summed E-state index contributed by atoms with van der Waals surface area (Å²) in [5, 5.41) is 3.37. The van der Waals surface area contributed by atoms with Crippen molar-refractivity contribution in [3.8, 4) is 0 Å². The van der Waals surface area contributed by atoms with E-state index in [-0.39, 0.29) is 5.82 Å². The van der Waals surface area contributed by atoms with Crippen LogP contribution in [0.15, 0.2) is 29.8 Å². The van der Waals surface area contributed by atoms with Gasteiger partial charge in [-0.25, -0.2) is 4.39 Å². The molecule has 0 saturated carbocycles. The van der Waals surface area contributed by atoms with Crippen LogP contribution < -0.4 is 5.32 Å². The van der Waals surface area contributed by atoms with Crippen molar-refractivity contribution >= 4 is 0 Å². The summed E-state index contributed by atoms with van der Waals surface area (Å²) in [6.45, 7) is 8.42. The molecule has 0 aromatic heterocycles. The second-order valence-corrected chi connectivity index (χ2v) is 4.84. The van der Waals surface area contributed by atoms with Gasteiger partial charge in [-0.1, -0.05) is 24.6 Å². The van der Waals surface area contributed by atoms with Gasteiger partial charge in [0.25, 0.3) is 0 Å². The van der Waals surface area contributed by atoms with Gasteiger partial charge in [-0.2, -0.15) is 0 Å². The number of halogens is 1. The van der Waals surface area contributed by atoms with E-state index in [4.69, 9.17) is 0 Å². The molecule has 1 aromatic rings. The van der Waals surface area contributed by atoms with Crippen molar-refractivity contribution in [2.45, 2.75) is 40.0 Å². The molecule has 0 aliphatic heterocycles. The summed E-state index contributed by atoms with van der Waals surface area (Å²) >= 11 is 0. The monoisotopic (exact) mass is 249 g/mol. The fourth-order valence-corrected chi connectivity index (χ4v) is 1.93. The van der Waals surface area contributed by atoms with Crippen molar-refractivity contribution in [3.63, 3.8) is 0 Å². The number of benzene rings is 1. The number of nitrogens with one attached hydrogen (secondary N) is 1. The summed E-state index contributed by atoms with van der Waals surface area (Å²) in [5.74, 6) is -0.145. The van der Waals surface area contributed by atoms with E-state index in [2.05, 4.69) is 25.2 Å². The van der Waals surface area contributed by atoms with Gasteiger partial charge in [-0.05, 0) is 69.5 Å². The van der Waals surface area contributed by atoms with Gasteiger partial charge in [0.05, 0.1) is 0 Å². The Labute approximate surface area is 110 Å². The van der Waals surface area contributed by atoms with Gasteiger partial charge < -0.3 is 5.32 Å². The molecule has 0 heterocycles. The lowest BCUT2D eigenvalue weighted by molar-refractivity contribution is 0.625. The Bertz CT molecular complexity index is 396. The maximum Gasteiger partial charge on any atom is 0.123 e. The molecule has 1 nitrogen and oxygen atoms in total. The normalized spacial score (nSPS) is 11.9. The third kappa shape index (κ3) is 5.46. The Morgan fingerprint density at radius 3 is 2.83 bits per heavy atom. The van der Waals surface area contributed by atoms with Gasteiger partial charge in [0.15, 0.2) is 0 Å². The molecular formula is C16H24FN. The SMILES string of the molecule is CCCNCC/C=C(/C)Cc1cc(F)ccc1C. The molecule has 0 aliphatic carbocycles. The molecule has 0 unspecified atom stereocenters. The highest BCUT2D eigenvalue weighted by molar-refractivity contribution is 5.30. The minimum absolute atomic E-state index is 0.145. The van der Waals surface area contributed by atoms with Crippen LogP contribution in [0.2, 0.25) is 0 Å². The molecule has 1 N–H and O–H groups in total. The Balaban J connectivity index is 2.45. The van der Waals surface area contributed by atoms with E-state index in [0.717, 1.165) is 37.1 Å². The van der Waals surface area contributed by atoms with Crippen molar-refractivity contribution in [1.29, 1.82) is 0 Å². The highest BCUT2D eigenvalue weighted by Gasteiger charge is 2.01. The fraction of sp³-hybridized carbons (Fsp3) is 0.500. The zero-order valence-electron chi connectivity index (χ0n) is 11.7. The first-order valence-electron chi connectivity index (χ1n) is 6.75. The lowest BCUT2D eigenvalue weighted by Gasteiger charge is -2.07. The van der Waals surface area contributed by atoms with Gasteiger partial charge in [0, 0.05) is 0 Å². The molecule has 2 heteroatoms. The maximum absolute atomic E-state index is 13.2. The van der Waals surface area contributed by atoms with Crippen molar-refractivity contribution in [2.24, 2.45) is 0 Å². The first-order valence-corrected chi connectivity index (χ1v) is 6.75. The molecule has 0 atom stereocenters. The minimum Gasteiger partial charge on any atom is -0.316 e. The number of rotatable bonds is 7. The quantitative estimate of drug-likeness (QED) is 0.568. The molecule has 0 saturated heterocycles. The topological polar surface area (TPSA) is 12.0 Å². The van der Waals surface area contributed by atoms with Crippen LogP contribution in [0.1, 0.15) is 37.8 Å². The van der Waals surface area contributed by atoms with Gasteiger partial charge >= 0.3 is 0 Å². The Kier molecular flexibility index (Phi) is 6.66. The van der Waals surface area contributed by atoms with Crippen molar-refractivity contribution < 1.29 is 4.39 Å². The second-order valence-electron chi connectivity index (χ2n) is 4.84. The Hall–Kier alpha value is -1.15. The lowest BCUT2D eigenvalue weighted by Crippen LogP contribution is -2.15. The van der Waals surface area contributed by atoms with Gasteiger partial charge in [0.1, 0.15) is 5.82 Å². The van der Waals surface area contributed by atoms with Gasteiger partial charge in [-0.15, -0.1) is 0 Å². The molecule has 100 valence electrons. The highest BCUT2D eigenvalue weighted by atomic mass is 19.1. The first kappa shape index (κ1) is 14.9. The largest absolute Gasteiger partial charge is 0.316 e. The summed E-state index contributed by atoms with van der Waals surface area (Å²) in [5.41, 5.74) is 3.56. The van der Waals surface area contributed by atoms with E-state index in [1.54, 1.807) is 6.07 Å². The Morgan fingerprint density at radius 2 is 2.11 bits per heavy atom. The van der Waals surface area contributed by atoms with Gasteiger partial charge in [0.2, 0.25) is 0 Å². The average molecular weight is 249 g/mol. The molecule has 0 aliphatic rings. The van der Waals surface area contributed by atoms with Crippen molar-refractivity contribution in [2.75, 3.05) is 13.1 Å². The summed E-state index contributed by atoms with van der Waals surface area (Å²) in [4.78, 5) is 0. The second kappa shape index (κ2) is 8.04. The van der Waals surface area contributed by atoms with Crippen LogP contribution in [0.5, 0.6) is 0 Å². The summed E-state index contributed by atoms with van der Waals surface area (Å²) in [7, 11) is 0. The van der Waals surface area contributed by atoms with Crippen LogP contribution in [0, 0.1) is 12.7 Å². The summed E-state index contributed by atoms with van der Waals surface area (Å²) in [6.07, 6.45) is 5.30. The molecule has 0 fully saturated rings. The predicted octanol–water partition coefficient (Wildman–Crippen LogP) is 4.01. The van der Waals surface area contributed by atoms with E-state index >= 15 is 0 Å². The van der Waals surface area contributed by atoms with Crippen LogP contribution in [-0.2, 0) is 6.42 Å². The molecule has 1 aromatic carbocycles. The van der Waals surface area contributed by atoms with E-state index in [1.165, 1.54) is 18.1 Å². The Morgan fingerprint density at radius 1 is 1.33 bits per heavy atom. The van der Waals surface area contributed by atoms with Crippen LogP contribution in [0.25, 0.3) is 0 Å². The van der Waals surface area contributed by atoms with E-state index < -0.39 is 0 Å². The zero-order valence-corrected chi connectivity index (χ0v) is 11.7. The smallest absolute Gasteiger partial charge is 0.123 e. The van der Waals surface area contributed by atoms with Crippen LogP contribution in [-0.4, -0.2) is 13.1 Å². The highest BCUT2D eigenvalue weighted by Crippen LogP contribution is 2.14. The minimum atomic E-state index is -0.145. The molecule has 0 radical (unpaired) electrons. The lowest BCUT2D eigenvalue weighted by atomic mass is 10.0. The average Bonchev–Trinajstić information content (AvgIpc) is 2.33. The number of allylic oxidation sites excluding steroid dienone is 1. The molecule has 0 bridgehead atoms. The molecule has 1 rings (SSSR count). The van der Waals surface area contributed by atoms with Crippen LogP contribution in [0.4, 0.5) is 4.39 Å². The third-order valence-electron chi connectivity index (χ3n) is 3.02. The van der Waals surface area contributed by atoms with E-state index in [9.17, 15) is 4.39 Å². The maximum atomic E-state index is 13.2. The molecule has 0 spiro atoms. The number of hydrogen-bond acceptors (Lipinski definition) is 1. The van der Waals surface area contributed by atoms with Crippen molar-refractivity contribution in [3.05, 3.63) is 46.8 Å². The van der Waals surface area contributed by atoms with Crippen LogP contribution in [0.3, 0.4) is 0 Å². The van der Waals surface area contributed by atoms with Gasteiger partial charge in [-0.3, -0.25) is 0 Å². The summed E-state index contributed by atoms with van der Waals surface area (Å²) in [6, 6.07) is 5.01. The predicted molar refractivity (Wildman–Crippen MR) is 76.4 cm³/mol. The molecule has 18 heavy (non-hydrogen) atoms. The fourth-order valence-electron chi connectivity index (χ4n) is 1.93. The third-order valence-corrected chi connectivity index (χ3v) is 3.02. The summed E-state index contributed by atoms with van der Waals surface area (Å²) < 4.78 is 13.2. The standard InChI is InChI=1S/C16H24FN/c1-4-9-18-10-5-6-13(2)11-15-12-16(17)8-7-14(15)3/h6-8,12,18H,4-5,9-11H2,1-3H3/b13-6-. The number of aryl methyl sites for hydroxylation is 1. The molecule has 0 amide bonds. The van der Waals surface area contributed by atoms with Crippen molar-refractivity contribution in [1.82, 2.24) is 5.32 Å². The van der Waals surface area contributed by atoms with Crippen LogP contribution >= 0.6 is 0 Å².